The van der Waals surface area contributed by atoms with E-state index in [1.54, 1.807) is 6.07 Å². The van der Waals surface area contributed by atoms with Crippen molar-refractivity contribution in [2.75, 3.05) is 16.8 Å². The molecule has 0 radical (unpaired) electrons. The van der Waals surface area contributed by atoms with Crippen LogP contribution in [0.1, 0.15) is 31.7 Å². The van der Waals surface area contributed by atoms with E-state index < -0.39 is 0 Å². The van der Waals surface area contributed by atoms with Gasteiger partial charge in [-0.2, -0.15) is 0 Å². The van der Waals surface area contributed by atoms with Gasteiger partial charge in [-0.3, -0.25) is 10.1 Å². The Balaban J connectivity index is 1.54. The first kappa shape index (κ1) is 18.3. The zero-order valence-electron chi connectivity index (χ0n) is 16.1. The maximum atomic E-state index is 11.7. The third kappa shape index (κ3) is 3.79. The van der Waals surface area contributed by atoms with Gasteiger partial charge in [-0.1, -0.05) is 36.4 Å². The minimum Gasteiger partial charge on any atom is -0.381 e. The molecule has 5 heteroatoms. The van der Waals surface area contributed by atoms with Gasteiger partial charge in [-0.25, -0.2) is 0 Å². The van der Waals surface area contributed by atoms with Gasteiger partial charge >= 0.3 is 0 Å². The number of hydrogen-bond donors (Lipinski definition) is 1. The molecule has 1 atom stereocenters. The summed E-state index contributed by atoms with van der Waals surface area (Å²) in [5.41, 5.74) is 2.86. The molecule has 1 fully saturated rings. The number of rotatable bonds is 5. The molecule has 4 rings (SSSR count). The summed E-state index contributed by atoms with van der Waals surface area (Å²) in [5, 5.41) is 17.5. The van der Waals surface area contributed by atoms with Crippen LogP contribution < -0.4 is 10.2 Å². The second-order valence-corrected chi connectivity index (χ2v) is 7.53. The van der Waals surface area contributed by atoms with Crippen molar-refractivity contribution in [3.8, 4) is 0 Å². The Bertz CT molecular complexity index is 1000. The largest absolute Gasteiger partial charge is 0.381 e. The van der Waals surface area contributed by atoms with Crippen molar-refractivity contribution >= 4 is 27.8 Å². The van der Waals surface area contributed by atoms with Gasteiger partial charge in [0, 0.05) is 30.9 Å². The molecule has 5 nitrogen and oxygen atoms in total. The molecule has 1 aliphatic heterocycles. The molecule has 0 saturated carbocycles. The van der Waals surface area contributed by atoms with Crippen molar-refractivity contribution in [3.05, 3.63) is 76.3 Å². The van der Waals surface area contributed by atoms with Crippen LogP contribution >= 0.6 is 0 Å². The van der Waals surface area contributed by atoms with Crippen molar-refractivity contribution < 1.29 is 4.92 Å². The number of nitro groups is 1. The first-order valence-electron chi connectivity index (χ1n) is 9.88. The number of nitro benzene ring substituents is 1. The van der Waals surface area contributed by atoms with Crippen molar-refractivity contribution in [1.82, 2.24) is 0 Å². The lowest BCUT2D eigenvalue weighted by molar-refractivity contribution is -0.384. The van der Waals surface area contributed by atoms with Crippen molar-refractivity contribution in [1.29, 1.82) is 0 Å². The van der Waals surface area contributed by atoms with Crippen LogP contribution in [0.15, 0.2) is 60.7 Å². The van der Waals surface area contributed by atoms with Crippen molar-refractivity contribution in [2.45, 2.75) is 38.8 Å². The fraction of sp³-hybridized carbons (Fsp3) is 0.304. The van der Waals surface area contributed by atoms with Crippen LogP contribution in [0.2, 0.25) is 0 Å². The topological polar surface area (TPSA) is 58.4 Å². The van der Waals surface area contributed by atoms with E-state index in [9.17, 15) is 10.1 Å². The summed E-state index contributed by atoms with van der Waals surface area (Å²) in [6.45, 7) is 3.59. The van der Waals surface area contributed by atoms with E-state index in [1.165, 1.54) is 17.2 Å². The average Bonchev–Trinajstić information content (AvgIpc) is 2.72. The van der Waals surface area contributed by atoms with Crippen LogP contribution in [-0.4, -0.2) is 17.5 Å². The molecule has 3 aromatic rings. The van der Waals surface area contributed by atoms with Crippen molar-refractivity contribution in [3.63, 3.8) is 0 Å². The van der Waals surface area contributed by atoms with E-state index in [-0.39, 0.29) is 10.6 Å². The Morgan fingerprint density at radius 2 is 1.89 bits per heavy atom. The standard InChI is InChI=1S/C23H25N3O2/c1-17-6-4-5-13-25(17)22-12-9-18(14-23(22)26(27)28)16-24-21-11-10-19-7-2-3-8-20(19)15-21/h2-3,7-12,14-15,17,24H,4-6,13,16H2,1H3/t17-/m1/s1. The molecule has 1 N–H and O–H groups in total. The number of fused-ring (bicyclic) bond motifs is 1. The Morgan fingerprint density at radius 1 is 1.07 bits per heavy atom. The summed E-state index contributed by atoms with van der Waals surface area (Å²) in [6.07, 6.45) is 3.37. The quantitative estimate of drug-likeness (QED) is 0.456. The fourth-order valence-corrected chi connectivity index (χ4v) is 4.03. The lowest BCUT2D eigenvalue weighted by atomic mass is 10.0. The average molecular weight is 375 g/mol. The van der Waals surface area contributed by atoms with Crippen LogP contribution in [0, 0.1) is 10.1 Å². The zero-order valence-corrected chi connectivity index (χ0v) is 16.1. The molecule has 0 unspecified atom stereocenters. The van der Waals surface area contributed by atoms with Gasteiger partial charge in [0.15, 0.2) is 0 Å². The molecule has 0 aromatic heterocycles. The SMILES string of the molecule is C[C@@H]1CCCCN1c1ccc(CNc2ccc3ccccc3c2)cc1[N+](=O)[O-]. The lowest BCUT2D eigenvalue weighted by Gasteiger charge is -2.35. The number of nitrogens with one attached hydrogen (secondary N) is 1. The number of anilines is 2. The van der Waals surface area contributed by atoms with Gasteiger partial charge in [-0.15, -0.1) is 0 Å². The number of hydrogen-bond acceptors (Lipinski definition) is 4. The Hall–Kier alpha value is -3.08. The van der Waals surface area contributed by atoms with Crippen LogP contribution in [0.3, 0.4) is 0 Å². The molecule has 0 aliphatic carbocycles. The number of nitrogens with zero attached hydrogens (tertiary/aromatic N) is 2. The molecule has 3 aromatic carbocycles. The zero-order chi connectivity index (χ0) is 19.5. The Morgan fingerprint density at radius 3 is 2.68 bits per heavy atom. The van der Waals surface area contributed by atoms with E-state index >= 15 is 0 Å². The number of piperidine rings is 1. The van der Waals surface area contributed by atoms with Gasteiger partial charge in [0.05, 0.1) is 4.92 Å². The summed E-state index contributed by atoms with van der Waals surface area (Å²) < 4.78 is 0. The summed E-state index contributed by atoms with van der Waals surface area (Å²) in [5.74, 6) is 0. The molecule has 0 bridgehead atoms. The highest BCUT2D eigenvalue weighted by Crippen LogP contribution is 2.34. The molecule has 0 amide bonds. The normalized spacial score (nSPS) is 16.9. The van der Waals surface area contributed by atoms with E-state index in [2.05, 4.69) is 41.4 Å². The predicted molar refractivity (Wildman–Crippen MR) is 115 cm³/mol. The first-order valence-corrected chi connectivity index (χ1v) is 9.88. The Labute approximate surface area is 165 Å². The maximum absolute atomic E-state index is 11.7. The van der Waals surface area contributed by atoms with Crippen LogP contribution in [0.5, 0.6) is 0 Å². The second-order valence-electron chi connectivity index (χ2n) is 7.53. The summed E-state index contributed by atoms with van der Waals surface area (Å²) in [6, 6.07) is 20.4. The molecule has 28 heavy (non-hydrogen) atoms. The molecule has 144 valence electrons. The monoisotopic (exact) mass is 375 g/mol. The smallest absolute Gasteiger partial charge is 0.292 e. The highest BCUT2D eigenvalue weighted by Gasteiger charge is 2.25. The van der Waals surface area contributed by atoms with Gasteiger partial charge in [0.1, 0.15) is 5.69 Å². The molecule has 1 heterocycles. The molecular weight excluding hydrogens is 350 g/mol. The summed E-state index contributed by atoms with van der Waals surface area (Å²) in [4.78, 5) is 13.6. The molecule has 1 saturated heterocycles. The van der Waals surface area contributed by atoms with Gasteiger partial charge in [0.2, 0.25) is 0 Å². The number of benzene rings is 3. The summed E-state index contributed by atoms with van der Waals surface area (Å²) in [7, 11) is 0. The highest BCUT2D eigenvalue weighted by atomic mass is 16.6. The molecule has 1 aliphatic rings. The molecule has 0 spiro atoms. The Kier molecular flexibility index (Phi) is 5.15. The van der Waals surface area contributed by atoms with Crippen LogP contribution in [-0.2, 0) is 6.54 Å². The van der Waals surface area contributed by atoms with E-state index in [4.69, 9.17) is 0 Å². The van der Waals surface area contributed by atoms with Gasteiger partial charge < -0.3 is 10.2 Å². The van der Waals surface area contributed by atoms with Crippen LogP contribution in [0.4, 0.5) is 17.1 Å². The minimum absolute atomic E-state index is 0.201. The van der Waals surface area contributed by atoms with E-state index in [0.29, 0.717) is 12.6 Å². The van der Waals surface area contributed by atoms with Gasteiger partial charge in [0.25, 0.3) is 5.69 Å². The van der Waals surface area contributed by atoms with E-state index in [1.807, 2.05) is 30.3 Å². The van der Waals surface area contributed by atoms with Crippen molar-refractivity contribution in [2.24, 2.45) is 0 Å². The predicted octanol–water partition coefficient (Wildman–Crippen LogP) is 5.74. The minimum atomic E-state index is -0.254. The first-order chi connectivity index (χ1) is 13.6. The lowest BCUT2D eigenvalue weighted by Crippen LogP contribution is -2.37. The second kappa shape index (κ2) is 7.89. The van der Waals surface area contributed by atoms with Gasteiger partial charge in [-0.05, 0) is 60.7 Å². The molecular formula is C23H25N3O2. The maximum Gasteiger partial charge on any atom is 0.292 e. The third-order valence-electron chi connectivity index (χ3n) is 5.60. The van der Waals surface area contributed by atoms with Crippen LogP contribution in [0.25, 0.3) is 10.8 Å². The van der Waals surface area contributed by atoms with E-state index in [0.717, 1.165) is 36.3 Å². The highest BCUT2D eigenvalue weighted by molar-refractivity contribution is 5.85. The summed E-state index contributed by atoms with van der Waals surface area (Å²) >= 11 is 0. The fourth-order valence-electron chi connectivity index (χ4n) is 4.03. The third-order valence-corrected chi connectivity index (χ3v) is 5.60.